The average molecular weight is 214 g/mol. The minimum absolute atomic E-state index is 0.0656. The molecule has 0 unspecified atom stereocenters. The number of nitrogens with zero attached hydrogens (tertiary/aromatic N) is 1. The standard InChI is InChI=1S/C12H26N2O/c1-5-6-8-14(9-7-13)11(15)10-12(2,3)4/h5-10,13H2,1-4H3. The minimum Gasteiger partial charge on any atom is -0.341 e. The molecule has 0 fully saturated rings. The zero-order valence-corrected chi connectivity index (χ0v) is 10.7. The van der Waals surface area contributed by atoms with Gasteiger partial charge in [0, 0.05) is 26.1 Å². The lowest BCUT2D eigenvalue weighted by atomic mass is 9.91. The van der Waals surface area contributed by atoms with Gasteiger partial charge in [-0.25, -0.2) is 0 Å². The fourth-order valence-electron chi connectivity index (χ4n) is 1.43. The maximum atomic E-state index is 11.9. The summed E-state index contributed by atoms with van der Waals surface area (Å²) in [5.74, 6) is 0.237. The van der Waals surface area contributed by atoms with Crippen LogP contribution >= 0.6 is 0 Å². The zero-order chi connectivity index (χ0) is 11.9. The molecule has 0 aromatic carbocycles. The molecule has 90 valence electrons. The van der Waals surface area contributed by atoms with E-state index in [9.17, 15) is 4.79 Å². The van der Waals surface area contributed by atoms with Gasteiger partial charge >= 0.3 is 0 Å². The van der Waals surface area contributed by atoms with Crippen molar-refractivity contribution in [2.24, 2.45) is 11.1 Å². The first-order valence-corrected chi connectivity index (χ1v) is 5.88. The van der Waals surface area contributed by atoms with Crippen LogP contribution < -0.4 is 5.73 Å². The van der Waals surface area contributed by atoms with Crippen molar-refractivity contribution in [3.05, 3.63) is 0 Å². The van der Waals surface area contributed by atoms with Gasteiger partial charge in [-0.3, -0.25) is 4.79 Å². The largest absolute Gasteiger partial charge is 0.341 e. The Hall–Kier alpha value is -0.570. The van der Waals surface area contributed by atoms with E-state index < -0.39 is 0 Å². The molecule has 15 heavy (non-hydrogen) atoms. The van der Waals surface area contributed by atoms with Gasteiger partial charge in [0.2, 0.25) is 5.91 Å². The van der Waals surface area contributed by atoms with Crippen LogP contribution in [0.5, 0.6) is 0 Å². The Bertz CT molecular complexity index is 185. The summed E-state index contributed by atoms with van der Waals surface area (Å²) in [5.41, 5.74) is 5.57. The van der Waals surface area contributed by atoms with Gasteiger partial charge in [0.25, 0.3) is 0 Å². The number of carbonyl (C=O) groups excluding carboxylic acids is 1. The molecule has 0 spiro atoms. The molecular weight excluding hydrogens is 188 g/mol. The quantitative estimate of drug-likeness (QED) is 0.735. The maximum absolute atomic E-state index is 11.9. The van der Waals surface area contributed by atoms with E-state index in [2.05, 4.69) is 27.7 Å². The summed E-state index contributed by atoms with van der Waals surface area (Å²) in [6.45, 7) is 10.5. The molecule has 0 atom stereocenters. The van der Waals surface area contributed by atoms with E-state index in [1.54, 1.807) is 0 Å². The smallest absolute Gasteiger partial charge is 0.223 e. The third-order valence-electron chi connectivity index (χ3n) is 2.21. The predicted octanol–water partition coefficient (Wildman–Crippen LogP) is 2.01. The molecule has 0 bridgehead atoms. The van der Waals surface area contributed by atoms with E-state index in [0.717, 1.165) is 19.4 Å². The van der Waals surface area contributed by atoms with Crippen molar-refractivity contribution in [1.82, 2.24) is 4.90 Å². The molecule has 0 aliphatic carbocycles. The highest BCUT2D eigenvalue weighted by molar-refractivity contribution is 5.76. The van der Waals surface area contributed by atoms with E-state index in [0.29, 0.717) is 19.5 Å². The van der Waals surface area contributed by atoms with E-state index >= 15 is 0 Å². The lowest BCUT2D eigenvalue weighted by Gasteiger charge is -2.26. The molecule has 0 radical (unpaired) electrons. The summed E-state index contributed by atoms with van der Waals surface area (Å²) < 4.78 is 0. The molecule has 0 aromatic heterocycles. The van der Waals surface area contributed by atoms with Crippen LogP contribution in [0.25, 0.3) is 0 Å². The fraction of sp³-hybridized carbons (Fsp3) is 0.917. The van der Waals surface area contributed by atoms with Gasteiger partial charge in [0.15, 0.2) is 0 Å². The monoisotopic (exact) mass is 214 g/mol. The first-order chi connectivity index (χ1) is 6.90. The molecule has 2 N–H and O–H groups in total. The summed E-state index contributed by atoms with van der Waals surface area (Å²) in [5, 5.41) is 0. The molecule has 0 saturated carbocycles. The summed E-state index contributed by atoms with van der Waals surface area (Å²) in [6.07, 6.45) is 2.79. The second-order valence-corrected chi connectivity index (χ2v) is 5.26. The zero-order valence-electron chi connectivity index (χ0n) is 10.7. The maximum Gasteiger partial charge on any atom is 0.223 e. The van der Waals surface area contributed by atoms with Crippen molar-refractivity contribution in [2.45, 2.75) is 47.0 Å². The Morgan fingerprint density at radius 3 is 2.27 bits per heavy atom. The highest BCUT2D eigenvalue weighted by atomic mass is 16.2. The molecule has 3 nitrogen and oxygen atoms in total. The molecule has 0 rings (SSSR count). The molecule has 0 heterocycles. The van der Waals surface area contributed by atoms with E-state index in [4.69, 9.17) is 5.73 Å². The van der Waals surface area contributed by atoms with E-state index in [1.807, 2.05) is 4.90 Å². The summed E-state index contributed by atoms with van der Waals surface area (Å²) >= 11 is 0. The third kappa shape index (κ3) is 7.37. The van der Waals surface area contributed by atoms with Gasteiger partial charge in [-0.15, -0.1) is 0 Å². The Morgan fingerprint density at radius 1 is 1.27 bits per heavy atom. The summed E-state index contributed by atoms with van der Waals surface area (Å²) in [7, 11) is 0. The van der Waals surface area contributed by atoms with Gasteiger partial charge in [0.1, 0.15) is 0 Å². The second-order valence-electron chi connectivity index (χ2n) is 5.26. The number of hydrogen-bond acceptors (Lipinski definition) is 2. The molecule has 1 amide bonds. The molecule has 0 aromatic rings. The Labute approximate surface area is 94.0 Å². The SMILES string of the molecule is CCCCN(CCN)C(=O)CC(C)(C)C. The van der Waals surface area contributed by atoms with E-state index in [1.165, 1.54) is 0 Å². The van der Waals surface area contributed by atoms with E-state index in [-0.39, 0.29) is 11.3 Å². The number of hydrogen-bond donors (Lipinski definition) is 1. The van der Waals surface area contributed by atoms with Crippen LogP contribution in [0.1, 0.15) is 47.0 Å². The number of amides is 1. The topological polar surface area (TPSA) is 46.3 Å². The van der Waals surface area contributed by atoms with Crippen LogP contribution in [0.2, 0.25) is 0 Å². The Morgan fingerprint density at radius 2 is 1.87 bits per heavy atom. The first kappa shape index (κ1) is 14.4. The molecule has 0 saturated heterocycles. The fourth-order valence-corrected chi connectivity index (χ4v) is 1.43. The van der Waals surface area contributed by atoms with Gasteiger partial charge in [0.05, 0.1) is 0 Å². The van der Waals surface area contributed by atoms with Crippen LogP contribution in [-0.2, 0) is 4.79 Å². The highest BCUT2D eigenvalue weighted by Gasteiger charge is 2.20. The number of unbranched alkanes of at least 4 members (excludes halogenated alkanes) is 1. The van der Waals surface area contributed by atoms with Crippen molar-refractivity contribution in [3.8, 4) is 0 Å². The molecule has 0 aliphatic rings. The van der Waals surface area contributed by atoms with Crippen molar-refractivity contribution in [3.63, 3.8) is 0 Å². The van der Waals surface area contributed by atoms with Gasteiger partial charge in [-0.05, 0) is 11.8 Å². The molecule has 3 heteroatoms. The summed E-state index contributed by atoms with van der Waals surface area (Å²) in [4.78, 5) is 13.8. The Kier molecular flexibility index (Phi) is 6.57. The first-order valence-electron chi connectivity index (χ1n) is 5.88. The minimum atomic E-state index is 0.0656. The number of carbonyl (C=O) groups is 1. The highest BCUT2D eigenvalue weighted by Crippen LogP contribution is 2.19. The van der Waals surface area contributed by atoms with Crippen molar-refractivity contribution in [1.29, 1.82) is 0 Å². The van der Waals surface area contributed by atoms with Gasteiger partial charge in [-0.1, -0.05) is 34.1 Å². The lowest BCUT2D eigenvalue weighted by Crippen LogP contribution is -2.37. The van der Waals surface area contributed by atoms with Crippen LogP contribution in [0.15, 0.2) is 0 Å². The molecular formula is C12H26N2O. The van der Waals surface area contributed by atoms with Gasteiger partial charge in [-0.2, -0.15) is 0 Å². The van der Waals surface area contributed by atoms with Crippen LogP contribution in [-0.4, -0.2) is 30.4 Å². The van der Waals surface area contributed by atoms with Crippen LogP contribution in [0.3, 0.4) is 0 Å². The van der Waals surface area contributed by atoms with Crippen LogP contribution in [0, 0.1) is 5.41 Å². The third-order valence-corrected chi connectivity index (χ3v) is 2.21. The average Bonchev–Trinajstić information content (AvgIpc) is 2.09. The molecule has 0 aliphatic heterocycles. The summed E-state index contributed by atoms with van der Waals surface area (Å²) in [6, 6.07) is 0. The lowest BCUT2D eigenvalue weighted by molar-refractivity contribution is -0.133. The van der Waals surface area contributed by atoms with Gasteiger partial charge < -0.3 is 10.6 Å². The second kappa shape index (κ2) is 6.83. The van der Waals surface area contributed by atoms with Crippen molar-refractivity contribution < 1.29 is 4.79 Å². The normalized spacial score (nSPS) is 11.5. The Balaban J connectivity index is 4.15. The van der Waals surface area contributed by atoms with Crippen LogP contribution in [0.4, 0.5) is 0 Å². The number of rotatable bonds is 6. The predicted molar refractivity (Wildman–Crippen MR) is 64.6 cm³/mol. The van der Waals surface area contributed by atoms with Crippen molar-refractivity contribution in [2.75, 3.05) is 19.6 Å². The van der Waals surface area contributed by atoms with Crippen molar-refractivity contribution >= 4 is 5.91 Å². The number of nitrogens with two attached hydrogens (primary N) is 1.